The molecule has 1 fully saturated rings. The largest absolute Gasteiger partial charge is 0.497 e. The highest BCUT2D eigenvalue weighted by atomic mass is 16.5. The number of ether oxygens (including phenoxy) is 1. The minimum absolute atomic E-state index is 0.161. The van der Waals surface area contributed by atoms with Gasteiger partial charge >= 0.3 is 0 Å². The summed E-state index contributed by atoms with van der Waals surface area (Å²) in [6.45, 7) is 0.520. The van der Waals surface area contributed by atoms with Gasteiger partial charge in [0, 0.05) is 24.8 Å². The number of rotatable bonds is 3. The number of Topliss-reactive ketones (excluding diaryl/α,β-unsaturated/α-hetero) is 1. The van der Waals surface area contributed by atoms with Gasteiger partial charge in [-0.15, -0.1) is 0 Å². The van der Waals surface area contributed by atoms with Crippen molar-refractivity contribution in [1.29, 1.82) is 0 Å². The fourth-order valence-corrected chi connectivity index (χ4v) is 2.42. The van der Waals surface area contributed by atoms with Crippen molar-refractivity contribution < 1.29 is 9.53 Å². The average molecular weight is 219 g/mol. The molecular formula is C13H17NO2. The van der Waals surface area contributed by atoms with Crippen molar-refractivity contribution in [2.75, 3.05) is 13.7 Å². The lowest BCUT2D eigenvalue weighted by Crippen LogP contribution is -2.32. The van der Waals surface area contributed by atoms with Gasteiger partial charge in [-0.05, 0) is 24.1 Å². The SMILES string of the molecule is COc1cccc(C2(CN)CCC(=O)C2)c1. The third-order valence-electron chi connectivity index (χ3n) is 3.49. The Bertz CT molecular complexity index is 403. The molecule has 16 heavy (non-hydrogen) atoms. The normalized spacial score (nSPS) is 24.8. The Morgan fingerprint density at radius 1 is 1.50 bits per heavy atom. The third-order valence-corrected chi connectivity index (χ3v) is 3.49. The minimum Gasteiger partial charge on any atom is -0.497 e. The second-order valence-electron chi connectivity index (χ2n) is 4.43. The standard InChI is InChI=1S/C13H17NO2/c1-16-12-4-2-3-10(7-12)13(9-14)6-5-11(15)8-13/h2-4,7H,5-6,8-9,14H2,1H3. The Kier molecular flexibility index (Phi) is 2.97. The van der Waals surface area contributed by atoms with Crippen LogP contribution in [0.5, 0.6) is 5.75 Å². The maximum atomic E-state index is 11.5. The van der Waals surface area contributed by atoms with Gasteiger partial charge < -0.3 is 10.5 Å². The summed E-state index contributed by atoms with van der Waals surface area (Å²) < 4.78 is 5.21. The summed E-state index contributed by atoms with van der Waals surface area (Å²) >= 11 is 0. The maximum absolute atomic E-state index is 11.5. The number of methoxy groups -OCH3 is 1. The first-order valence-electron chi connectivity index (χ1n) is 5.56. The second kappa shape index (κ2) is 4.26. The highest BCUT2D eigenvalue weighted by Crippen LogP contribution is 2.39. The van der Waals surface area contributed by atoms with Gasteiger partial charge in [0.15, 0.2) is 0 Å². The van der Waals surface area contributed by atoms with Crippen LogP contribution in [0.4, 0.5) is 0 Å². The summed E-state index contributed by atoms with van der Waals surface area (Å²) in [5, 5.41) is 0. The number of benzene rings is 1. The first-order chi connectivity index (χ1) is 7.70. The van der Waals surface area contributed by atoms with Gasteiger partial charge in [0.25, 0.3) is 0 Å². The predicted molar refractivity (Wildman–Crippen MR) is 62.6 cm³/mol. The van der Waals surface area contributed by atoms with Crippen molar-refractivity contribution in [3.8, 4) is 5.75 Å². The summed E-state index contributed by atoms with van der Waals surface area (Å²) in [6.07, 6.45) is 2.07. The van der Waals surface area contributed by atoms with Crippen LogP contribution in [0.25, 0.3) is 0 Å². The van der Waals surface area contributed by atoms with Crippen molar-refractivity contribution >= 4 is 5.78 Å². The molecular weight excluding hydrogens is 202 g/mol. The van der Waals surface area contributed by atoms with Crippen LogP contribution in [-0.4, -0.2) is 19.4 Å². The van der Waals surface area contributed by atoms with Gasteiger partial charge in [-0.25, -0.2) is 0 Å². The second-order valence-corrected chi connectivity index (χ2v) is 4.43. The van der Waals surface area contributed by atoms with E-state index in [4.69, 9.17) is 10.5 Å². The monoisotopic (exact) mass is 219 g/mol. The molecule has 1 aromatic rings. The van der Waals surface area contributed by atoms with Gasteiger partial charge in [-0.2, -0.15) is 0 Å². The zero-order chi connectivity index (χ0) is 11.6. The Morgan fingerprint density at radius 2 is 2.31 bits per heavy atom. The number of nitrogens with two attached hydrogens (primary N) is 1. The Labute approximate surface area is 95.6 Å². The Balaban J connectivity index is 2.36. The van der Waals surface area contributed by atoms with E-state index in [2.05, 4.69) is 0 Å². The Morgan fingerprint density at radius 3 is 2.88 bits per heavy atom. The van der Waals surface area contributed by atoms with Crippen molar-refractivity contribution in [3.05, 3.63) is 29.8 Å². The van der Waals surface area contributed by atoms with Crippen LogP contribution < -0.4 is 10.5 Å². The van der Waals surface area contributed by atoms with Crippen molar-refractivity contribution in [2.45, 2.75) is 24.7 Å². The van der Waals surface area contributed by atoms with Crippen LogP contribution in [0.1, 0.15) is 24.8 Å². The molecule has 3 nitrogen and oxygen atoms in total. The van der Waals surface area contributed by atoms with Crippen LogP contribution >= 0.6 is 0 Å². The fraction of sp³-hybridized carbons (Fsp3) is 0.462. The Hall–Kier alpha value is -1.35. The molecule has 0 bridgehead atoms. The van der Waals surface area contributed by atoms with Gasteiger partial charge in [0.1, 0.15) is 11.5 Å². The molecule has 1 aromatic carbocycles. The van der Waals surface area contributed by atoms with Crippen LogP contribution in [0.15, 0.2) is 24.3 Å². The van der Waals surface area contributed by atoms with Gasteiger partial charge in [0.05, 0.1) is 7.11 Å². The van der Waals surface area contributed by atoms with Crippen LogP contribution in [0, 0.1) is 0 Å². The van der Waals surface area contributed by atoms with Crippen LogP contribution in [0.3, 0.4) is 0 Å². The summed E-state index contributed by atoms with van der Waals surface area (Å²) in [5.41, 5.74) is 6.83. The predicted octanol–water partition coefficient (Wildman–Crippen LogP) is 1.64. The molecule has 1 aliphatic carbocycles. The summed E-state index contributed by atoms with van der Waals surface area (Å²) in [4.78, 5) is 11.5. The van der Waals surface area contributed by atoms with Crippen LogP contribution in [0.2, 0.25) is 0 Å². The lowest BCUT2D eigenvalue weighted by atomic mass is 9.79. The minimum atomic E-state index is -0.161. The number of carbonyl (C=O) groups is 1. The van der Waals surface area contributed by atoms with E-state index in [1.165, 1.54) is 0 Å². The zero-order valence-electron chi connectivity index (χ0n) is 9.53. The maximum Gasteiger partial charge on any atom is 0.133 e. The van der Waals surface area contributed by atoms with E-state index < -0.39 is 0 Å². The van der Waals surface area contributed by atoms with Crippen molar-refractivity contribution in [1.82, 2.24) is 0 Å². The van der Waals surface area contributed by atoms with E-state index in [1.807, 2.05) is 24.3 Å². The highest BCUT2D eigenvalue weighted by molar-refractivity contribution is 5.83. The molecule has 0 aliphatic heterocycles. The third kappa shape index (κ3) is 1.83. The molecule has 0 heterocycles. The molecule has 0 amide bonds. The van der Waals surface area contributed by atoms with Gasteiger partial charge in [-0.3, -0.25) is 4.79 Å². The molecule has 2 rings (SSSR count). The smallest absolute Gasteiger partial charge is 0.133 e. The lowest BCUT2D eigenvalue weighted by molar-refractivity contribution is -0.117. The molecule has 1 saturated carbocycles. The summed E-state index contributed by atoms with van der Waals surface area (Å²) in [7, 11) is 1.65. The highest BCUT2D eigenvalue weighted by Gasteiger charge is 2.38. The number of ketones is 1. The van der Waals surface area contributed by atoms with Gasteiger partial charge in [0.2, 0.25) is 0 Å². The first-order valence-corrected chi connectivity index (χ1v) is 5.56. The summed E-state index contributed by atoms with van der Waals surface area (Å²) in [5.74, 6) is 1.14. The van der Waals surface area contributed by atoms with Crippen molar-refractivity contribution in [3.63, 3.8) is 0 Å². The van der Waals surface area contributed by atoms with Gasteiger partial charge in [-0.1, -0.05) is 12.1 Å². The lowest BCUT2D eigenvalue weighted by Gasteiger charge is -2.27. The molecule has 0 aromatic heterocycles. The number of carbonyl (C=O) groups excluding carboxylic acids is 1. The van der Waals surface area contributed by atoms with E-state index in [0.29, 0.717) is 25.2 Å². The average Bonchev–Trinajstić information content (AvgIpc) is 2.72. The topological polar surface area (TPSA) is 52.3 Å². The van der Waals surface area contributed by atoms with E-state index in [9.17, 15) is 4.79 Å². The zero-order valence-corrected chi connectivity index (χ0v) is 9.53. The van der Waals surface area contributed by atoms with E-state index in [0.717, 1.165) is 17.7 Å². The molecule has 1 unspecified atom stereocenters. The van der Waals surface area contributed by atoms with Crippen molar-refractivity contribution in [2.24, 2.45) is 5.73 Å². The fourth-order valence-electron chi connectivity index (χ4n) is 2.42. The molecule has 2 N–H and O–H groups in total. The molecule has 1 aliphatic rings. The van der Waals surface area contributed by atoms with E-state index in [-0.39, 0.29) is 5.41 Å². The molecule has 0 radical (unpaired) electrons. The summed E-state index contributed by atoms with van der Waals surface area (Å²) in [6, 6.07) is 7.89. The quantitative estimate of drug-likeness (QED) is 0.841. The number of hydrogen-bond acceptors (Lipinski definition) is 3. The molecule has 86 valence electrons. The van der Waals surface area contributed by atoms with E-state index in [1.54, 1.807) is 7.11 Å². The van der Waals surface area contributed by atoms with E-state index >= 15 is 0 Å². The number of hydrogen-bond donors (Lipinski definition) is 1. The molecule has 0 spiro atoms. The molecule has 3 heteroatoms. The molecule has 1 atom stereocenters. The molecule has 0 saturated heterocycles. The first kappa shape index (κ1) is 11.1. The van der Waals surface area contributed by atoms with Crippen LogP contribution in [-0.2, 0) is 10.2 Å².